The fourth-order valence-electron chi connectivity index (χ4n) is 2.04. The van der Waals surface area contributed by atoms with Gasteiger partial charge in [-0.1, -0.05) is 6.07 Å². The minimum Gasteiger partial charge on any atom is -0.362 e. The quantitative estimate of drug-likeness (QED) is 0.749. The maximum Gasteiger partial charge on any atom is 0.146 e. The van der Waals surface area contributed by atoms with Crippen molar-refractivity contribution >= 4 is 16.7 Å². The Labute approximate surface area is 101 Å². The Hall–Kier alpha value is -2.08. The predicted octanol–water partition coefficient (Wildman–Crippen LogP) is 2.79. The van der Waals surface area contributed by atoms with Crippen molar-refractivity contribution in [3.63, 3.8) is 0 Å². The van der Waals surface area contributed by atoms with Crippen LogP contribution in [0, 0.1) is 25.2 Å². The summed E-state index contributed by atoms with van der Waals surface area (Å²) in [7, 11) is 3.80. The minimum atomic E-state index is 0.620. The van der Waals surface area contributed by atoms with Gasteiger partial charge in [0.05, 0.1) is 11.1 Å². The van der Waals surface area contributed by atoms with Crippen LogP contribution >= 0.6 is 0 Å². The molecule has 1 heterocycles. The van der Waals surface area contributed by atoms with Crippen LogP contribution in [0.5, 0.6) is 0 Å². The van der Waals surface area contributed by atoms with Gasteiger partial charge in [-0.25, -0.2) is 4.98 Å². The lowest BCUT2D eigenvalue weighted by atomic mass is 10.0. The van der Waals surface area contributed by atoms with Crippen molar-refractivity contribution in [2.45, 2.75) is 13.8 Å². The predicted molar refractivity (Wildman–Crippen MR) is 70.3 cm³/mol. The van der Waals surface area contributed by atoms with E-state index in [0.29, 0.717) is 5.56 Å². The van der Waals surface area contributed by atoms with Crippen LogP contribution < -0.4 is 4.90 Å². The molecular formula is C14H15N3. The number of aryl methyl sites for hydroxylation is 2. The highest BCUT2D eigenvalue weighted by Gasteiger charge is 2.10. The highest BCUT2D eigenvalue weighted by atomic mass is 15.1. The molecule has 0 saturated carbocycles. The molecule has 0 aliphatic heterocycles. The molecule has 86 valence electrons. The van der Waals surface area contributed by atoms with Gasteiger partial charge >= 0.3 is 0 Å². The number of fused-ring (bicyclic) bond motifs is 1. The standard InChI is InChI=1S/C14H15N3/c1-9-5-10(2)12-7-11(8-15)14(17(3)4)16-13(12)6-9/h5-7H,1-4H3. The number of rotatable bonds is 1. The first kappa shape index (κ1) is 11.4. The number of nitriles is 1. The summed E-state index contributed by atoms with van der Waals surface area (Å²) in [5.74, 6) is 0.727. The van der Waals surface area contributed by atoms with E-state index in [1.165, 1.54) is 5.56 Å². The zero-order chi connectivity index (χ0) is 12.6. The van der Waals surface area contributed by atoms with Crippen LogP contribution in [0.4, 0.5) is 5.82 Å². The molecule has 2 aromatic rings. The van der Waals surface area contributed by atoms with Crippen molar-refractivity contribution in [2.24, 2.45) is 0 Å². The first-order valence-electron chi connectivity index (χ1n) is 5.52. The SMILES string of the molecule is Cc1cc(C)c2cc(C#N)c(N(C)C)nc2c1. The fraction of sp³-hybridized carbons (Fsp3) is 0.286. The summed E-state index contributed by atoms with van der Waals surface area (Å²) in [6.45, 7) is 4.11. The summed E-state index contributed by atoms with van der Waals surface area (Å²) in [6, 6.07) is 8.29. The molecule has 0 amide bonds. The second-order valence-corrected chi connectivity index (χ2v) is 4.51. The van der Waals surface area contributed by atoms with E-state index >= 15 is 0 Å². The first-order valence-corrected chi connectivity index (χ1v) is 5.52. The Bertz CT molecular complexity index is 621. The number of aromatic nitrogens is 1. The van der Waals surface area contributed by atoms with Gasteiger partial charge in [-0.15, -0.1) is 0 Å². The molecule has 0 fully saturated rings. The summed E-state index contributed by atoms with van der Waals surface area (Å²) >= 11 is 0. The molecular weight excluding hydrogens is 210 g/mol. The summed E-state index contributed by atoms with van der Waals surface area (Å²) < 4.78 is 0. The van der Waals surface area contributed by atoms with E-state index in [2.05, 4.69) is 30.1 Å². The molecule has 3 heteroatoms. The molecule has 0 unspecified atom stereocenters. The minimum absolute atomic E-state index is 0.620. The number of hydrogen-bond donors (Lipinski definition) is 0. The van der Waals surface area contributed by atoms with E-state index in [4.69, 9.17) is 5.26 Å². The third-order valence-corrected chi connectivity index (χ3v) is 2.81. The Kier molecular flexibility index (Phi) is 2.72. The van der Waals surface area contributed by atoms with Crippen LogP contribution in [0.15, 0.2) is 18.2 Å². The van der Waals surface area contributed by atoms with Crippen LogP contribution in [-0.4, -0.2) is 19.1 Å². The highest BCUT2D eigenvalue weighted by molar-refractivity contribution is 5.86. The number of benzene rings is 1. The lowest BCUT2D eigenvalue weighted by Gasteiger charge is -2.14. The maximum absolute atomic E-state index is 9.16. The first-order chi connectivity index (χ1) is 8.02. The van der Waals surface area contributed by atoms with Gasteiger partial charge in [-0.2, -0.15) is 5.26 Å². The molecule has 0 bridgehead atoms. The van der Waals surface area contributed by atoms with Crippen molar-refractivity contribution < 1.29 is 0 Å². The maximum atomic E-state index is 9.16. The van der Waals surface area contributed by atoms with E-state index in [1.54, 1.807) is 0 Å². The summed E-state index contributed by atoms with van der Waals surface area (Å²) in [5.41, 5.74) is 3.92. The number of anilines is 1. The van der Waals surface area contributed by atoms with Crippen LogP contribution in [0.1, 0.15) is 16.7 Å². The topological polar surface area (TPSA) is 39.9 Å². The Morgan fingerprint density at radius 2 is 1.88 bits per heavy atom. The summed E-state index contributed by atoms with van der Waals surface area (Å²) in [5, 5.41) is 10.2. The van der Waals surface area contributed by atoms with Crippen molar-refractivity contribution in [3.05, 3.63) is 34.9 Å². The average molecular weight is 225 g/mol. The molecule has 17 heavy (non-hydrogen) atoms. The van der Waals surface area contributed by atoms with Gasteiger partial charge in [0, 0.05) is 19.5 Å². The normalized spacial score (nSPS) is 10.3. The van der Waals surface area contributed by atoms with Gasteiger partial charge in [0.1, 0.15) is 11.9 Å². The lowest BCUT2D eigenvalue weighted by Crippen LogP contribution is -2.12. The largest absolute Gasteiger partial charge is 0.362 e. The van der Waals surface area contributed by atoms with E-state index in [1.807, 2.05) is 32.0 Å². The van der Waals surface area contributed by atoms with Crippen molar-refractivity contribution in [1.29, 1.82) is 5.26 Å². The van der Waals surface area contributed by atoms with Gasteiger partial charge in [0.25, 0.3) is 0 Å². The smallest absolute Gasteiger partial charge is 0.146 e. The molecule has 0 N–H and O–H groups in total. The molecule has 0 spiro atoms. The second kappa shape index (κ2) is 4.06. The number of hydrogen-bond acceptors (Lipinski definition) is 3. The van der Waals surface area contributed by atoms with Crippen LogP contribution in [0.3, 0.4) is 0 Å². The van der Waals surface area contributed by atoms with Crippen molar-refractivity contribution in [2.75, 3.05) is 19.0 Å². The molecule has 3 nitrogen and oxygen atoms in total. The van der Waals surface area contributed by atoms with Gasteiger partial charge in [-0.3, -0.25) is 0 Å². The zero-order valence-electron chi connectivity index (χ0n) is 10.6. The Morgan fingerprint density at radius 1 is 1.18 bits per heavy atom. The molecule has 1 aromatic carbocycles. The van der Waals surface area contributed by atoms with Crippen LogP contribution in [0.25, 0.3) is 10.9 Å². The molecule has 0 aliphatic carbocycles. The number of nitrogens with zero attached hydrogens (tertiary/aromatic N) is 3. The monoisotopic (exact) mass is 225 g/mol. The summed E-state index contributed by atoms with van der Waals surface area (Å²) in [4.78, 5) is 6.44. The molecule has 2 rings (SSSR count). The molecule has 0 radical (unpaired) electrons. The number of pyridine rings is 1. The zero-order valence-corrected chi connectivity index (χ0v) is 10.6. The molecule has 0 saturated heterocycles. The summed E-state index contributed by atoms with van der Waals surface area (Å²) in [6.07, 6.45) is 0. The molecule has 1 aromatic heterocycles. The van der Waals surface area contributed by atoms with Gasteiger partial charge in [-0.05, 0) is 37.1 Å². The highest BCUT2D eigenvalue weighted by Crippen LogP contribution is 2.25. The molecule has 0 atom stereocenters. The van der Waals surface area contributed by atoms with E-state index in [0.717, 1.165) is 22.3 Å². The lowest BCUT2D eigenvalue weighted by molar-refractivity contribution is 1.07. The Balaban J connectivity index is 2.84. The van der Waals surface area contributed by atoms with Gasteiger partial charge in [0.2, 0.25) is 0 Å². The average Bonchev–Trinajstić information content (AvgIpc) is 2.27. The van der Waals surface area contributed by atoms with E-state index in [-0.39, 0.29) is 0 Å². The third-order valence-electron chi connectivity index (χ3n) is 2.81. The molecule has 0 aliphatic rings. The van der Waals surface area contributed by atoms with Crippen LogP contribution in [-0.2, 0) is 0 Å². The van der Waals surface area contributed by atoms with E-state index < -0.39 is 0 Å². The second-order valence-electron chi connectivity index (χ2n) is 4.51. The van der Waals surface area contributed by atoms with Crippen molar-refractivity contribution in [1.82, 2.24) is 4.98 Å². The van der Waals surface area contributed by atoms with Crippen LogP contribution in [0.2, 0.25) is 0 Å². The van der Waals surface area contributed by atoms with E-state index in [9.17, 15) is 0 Å². The van der Waals surface area contributed by atoms with Crippen molar-refractivity contribution in [3.8, 4) is 6.07 Å². The van der Waals surface area contributed by atoms with Gasteiger partial charge < -0.3 is 4.90 Å². The van der Waals surface area contributed by atoms with Gasteiger partial charge in [0.15, 0.2) is 0 Å². The fourth-order valence-corrected chi connectivity index (χ4v) is 2.04. The third kappa shape index (κ3) is 1.94. The Morgan fingerprint density at radius 3 is 2.47 bits per heavy atom.